The van der Waals surface area contributed by atoms with Gasteiger partial charge in [0.25, 0.3) is 0 Å². The maximum absolute atomic E-state index is 12.5. The van der Waals surface area contributed by atoms with Gasteiger partial charge in [-0.25, -0.2) is 9.78 Å². The Balaban J connectivity index is 0.000000295. The van der Waals surface area contributed by atoms with E-state index in [9.17, 15) is 9.59 Å². The number of carbonyl (C=O) groups excluding carboxylic acids is 2. The van der Waals surface area contributed by atoms with E-state index in [2.05, 4.69) is 68.5 Å². The second kappa shape index (κ2) is 20.7. The third-order valence-electron chi connectivity index (χ3n) is 9.27. The fourth-order valence-electron chi connectivity index (χ4n) is 6.49. The first kappa shape index (κ1) is 42.2. The number of benzene rings is 1. The number of ether oxygens (including phenoxy) is 1. The minimum Gasteiger partial charge on any atom is -0.444 e. The molecule has 2 aromatic heterocycles. The zero-order valence-corrected chi connectivity index (χ0v) is 34.3. The van der Waals surface area contributed by atoms with Crippen molar-refractivity contribution in [3.05, 3.63) is 81.1 Å². The van der Waals surface area contributed by atoms with Crippen LogP contribution in [0.2, 0.25) is 0 Å². The zero-order valence-electron chi connectivity index (χ0n) is 32.8. The van der Waals surface area contributed by atoms with Gasteiger partial charge in [0.2, 0.25) is 6.41 Å². The molecule has 0 spiro atoms. The molecular weight excluding hydrogens is 704 g/mol. The molecule has 1 aromatic carbocycles. The van der Waals surface area contributed by atoms with Crippen LogP contribution in [0.15, 0.2) is 47.5 Å². The van der Waals surface area contributed by atoms with Gasteiger partial charge in [-0.2, -0.15) is 0 Å². The fraction of sp³-hybridized carbons (Fsp3) is 0.610. The van der Waals surface area contributed by atoms with E-state index in [1.54, 1.807) is 0 Å². The second-order valence-corrected chi connectivity index (χ2v) is 14.9. The van der Waals surface area contributed by atoms with Gasteiger partial charge >= 0.3 is 6.09 Å². The SMILES string of the molecule is CC.CC.CCc1ccc2c(c1)CCc1cc(Br)cnc1C2N1CCN(C(=O)OC(C)(C)C)CC1.CCn1cncc1CCN(C=O)CC1CC1. The molecule has 6 rings (SSSR count). The van der Waals surface area contributed by atoms with E-state index in [1.165, 1.54) is 40.8 Å². The topological polar surface area (TPSA) is 83.8 Å². The lowest BCUT2D eigenvalue weighted by Crippen LogP contribution is -2.51. The number of carbonyl (C=O) groups is 2. The van der Waals surface area contributed by atoms with Crippen LogP contribution in [-0.2, 0) is 41.8 Å². The van der Waals surface area contributed by atoms with Crippen molar-refractivity contribution in [3.63, 3.8) is 0 Å². The Morgan fingerprint density at radius 3 is 2.29 bits per heavy atom. The fourth-order valence-corrected chi connectivity index (χ4v) is 6.87. The molecule has 1 saturated heterocycles. The number of nitrogens with zero attached hydrogens (tertiary/aromatic N) is 6. The van der Waals surface area contributed by atoms with Crippen molar-refractivity contribution < 1.29 is 14.3 Å². The monoisotopic (exact) mass is 766 g/mol. The van der Waals surface area contributed by atoms with E-state index in [1.807, 2.05) is 77.0 Å². The van der Waals surface area contributed by atoms with Gasteiger partial charge in [0.1, 0.15) is 5.60 Å². The van der Waals surface area contributed by atoms with E-state index in [-0.39, 0.29) is 12.1 Å². The van der Waals surface area contributed by atoms with Crippen molar-refractivity contribution in [3.8, 4) is 0 Å². The summed E-state index contributed by atoms with van der Waals surface area (Å²) in [5, 5.41) is 0. The summed E-state index contributed by atoms with van der Waals surface area (Å²) in [6, 6.07) is 9.27. The summed E-state index contributed by atoms with van der Waals surface area (Å²) in [6.07, 6.45) is 13.0. The van der Waals surface area contributed by atoms with Crippen LogP contribution in [0.5, 0.6) is 0 Å². The molecule has 2 amide bonds. The number of imidazole rings is 1. The molecule has 2 aliphatic carbocycles. The number of amides is 2. The summed E-state index contributed by atoms with van der Waals surface area (Å²) in [4.78, 5) is 38.6. The largest absolute Gasteiger partial charge is 0.444 e. The highest BCUT2D eigenvalue weighted by molar-refractivity contribution is 9.10. The Kier molecular flexibility index (Phi) is 17.1. The molecule has 1 saturated carbocycles. The third kappa shape index (κ3) is 12.4. The molecule has 1 atom stereocenters. The summed E-state index contributed by atoms with van der Waals surface area (Å²) >= 11 is 3.60. The van der Waals surface area contributed by atoms with Crippen molar-refractivity contribution in [2.75, 3.05) is 39.3 Å². The van der Waals surface area contributed by atoms with Gasteiger partial charge < -0.3 is 19.1 Å². The Morgan fingerprint density at radius 2 is 1.69 bits per heavy atom. The average molecular weight is 768 g/mol. The van der Waals surface area contributed by atoms with Gasteiger partial charge in [-0.1, -0.05) is 52.8 Å². The molecule has 0 radical (unpaired) electrons. The predicted molar refractivity (Wildman–Crippen MR) is 211 cm³/mol. The van der Waals surface area contributed by atoms with E-state index < -0.39 is 5.60 Å². The van der Waals surface area contributed by atoms with Gasteiger partial charge in [0, 0.05) is 74.8 Å². The van der Waals surface area contributed by atoms with Gasteiger partial charge in [0.05, 0.1) is 18.1 Å². The van der Waals surface area contributed by atoms with Gasteiger partial charge in [0.15, 0.2) is 0 Å². The summed E-state index contributed by atoms with van der Waals surface area (Å²) in [5.74, 6) is 0.765. The molecule has 1 unspecified atom stereocenters. The number of aryl methyl sites for hydroxylation is 4. The Morgan fingerprint density at radius 1 is 1.00 bits per heavy atom. The molecule has 3 heterocycles. The Hall–Kier alpha value is -3.24. The highest BCUT2D eigenvalue weighted by Gasteiger charge is 2.34. The van der Waals surface area contributed by atoms with Crippen molar-refractivity contribution in [2.45, 2.75) is 119 Å². The van der Waals surface area contributed by atoms with E-state index >= 15 is 0 Å². The summed E-state index contributed by atoms with van der Waals surface area (Å²) < 4.78 is 8.73. The minimum absolute atomic E-state index is 0.118. The number of hydrogen-bond donors (Lipinski definition) is 0. The van der Waals surface area contributed by atoms with Gasteiger partial charge in [-0.05, 0) is 110 Å². The van der Waals surface area contributed by atoms with Crippen LogP contribution in [-0.4, -0.2) is 86.6 Å². The first-order valence-corrected chi connectivity index (χ1v) is 20.0. The highest BCUT2D eigenvalue weighted by atomic mass is 79.9. The molecule has 3 aromatic rings. The van der Waals surface area contributed by atoms with Crippen LogP contribution in [0.1, 0.15) is 115 Å². The number of halogens is 1. The van der Waals surface area contributed by atoms with Crippen molar-refractivity contribution in [1.29, 1.82) is 0 Å². The molecule has 2 fully saturated rings. The smallest absolute Gasteiger partial charge is 0.410 e. The molecule has 1 aliphatic heterocycles. The van der Waals surface area contributed by atoms with Crippen molar-refractivity contribution in [2.24, 2.45) is 5.92 Å². The molecule has 3 aliphatic rings. The second-order valence-electron chi connectivity index (χ2n) is 14.0. The number of aromatic nitrogens is 3. The van der Waals surface area contributed by atoms with Crippen molar-refractivity contribution in [1.82, 2.24) is 29.2 Å². The quantitative estimate of drug-likeness (QED) is 0.203. The summed E-state index contributed by atoms with van der Waals surface area (Å²) in [5.41, 5.74) is 7.36. The van der Waals surface area contributed by atoms with Gasteiger partial charge in [-0.15, -0.1) is 0 Å². The average Bonchev–Trinajstić information content (AvgIpc) is 3.88. The normalized spacial score (nSPS) is 16.7. The summed E-state index contributed by atoms with van der Waals surface area (Å²) in [7, 11) is 0. The molecule has 0 bridgehead atoms. The van der Waals surface area contributed by atoms with E-state index in [4.69, 9.17) is 9.72 Å². The molecule has 282 valence electrons. The van der Waals surface area contributed by atoms with Crippen LogP contribution in [0, 0.1) is 5.92 Å². The maximum atomic E-state index is 12.5. The molecule has 9 nitrogen and oxygen atoms in total. The number of pyridine rings is 1. The number of piperazine rings is 1. The molecular formula is C41H63BrN6O3. The molecule has 51 heavy (non-hydrogen) atoms. The van der Waals surface area contributed by atoms with Crippen LogP contribution < -0.4 is 0 Å². The zero-order chi connectivity index (χ0) is 37.6. The van der Waals surface area contributed by atoms with Crippen LogP contribution in [0.25, 0.3) is 0 Å². The molecule has 10 heteroatoms. The lowest BCUT2D eigenvalue weighted by molar-refractivity contribution is -0.118. The predicted octanol–water partition coefficient (Wildman–Crippen LogP) is 8.51. The van der Waals surface area contributed by atoms with Crippen molar-refractivity contribution >= 4 is 28.4 Å². The minimum atomic E-state index is -0.471. The Bertz CT molecular complexity index is 1510. The first-order chi connectivity index (χ1) is 24.6. The highest BCUT2D eigenvalue weighted by Crippen LogP contribution is 2.37. The molecule has 0 N–H and O–H groups in total. The van der Waals surface area contributed by atoms with Crippen LogP contribution in [0.3, 0.4) is 0 Å². The Labute approximate surface area is 316 Å². The van der Waals surface area contributed by atoms with Crippen LogP contribution >= 0.6 is 15.9 Å². The summed E-state index contributed by atoms with van der Waals surface area (Å²) in [6.45, 7) is 23.7. The number of hydrogen-bond acceptors (Lipinski definition) is 6. The standard InChI is InChI=1S/C25H32BrN3O2.C12H19N3O.2C2H6/c1-5-17-6-9-21-18(14-17)7-8-19-15-20(26)16-27-22(19)23(21)28-10-12-29(13-11-28)24(30)31-25(2,3)4;1-2-15-9-13-7-12(15)5-6-14(10-16)8-11-3-4-11;2*1-2/h6,9,14-16,23H,5,7-8,10-13H2,1-4H3;7,9-11H,2-6,8H2,1H3;2*1-2H3. The first-order valence-electron chi connectivity index (χ1n) is 19.2. The third-order valence-corrected chi connectivity index (χ3v) is 9.70. The van der Waals surface area contributed by atoms with Crippen LogP contribution in [0.4, 0.5) is 4.79 Å². The maximum Gasteiger partial charge on any atom is 0.410 e. The van der Waals surface area contributed by atoms with Gasteiger partial charge in [-0.3, -0.25) is 14.7 Å². The lowest BCUT2D eigenvalue weighted by atomic mass is 9.94. The van der Waals surface area contributed by atoms with E-state index in [0.29, 0.717) is 13.1 Å². The van der Waals surface area contributed by atoms with E-state index in [0.717, 1.165) is 80.9 Å². The number of rotatable bonds is 9. The lowest BCUT2D eigenvalue weighted by Gasteiger charge is -2.40. The number of fused-ring (bicyclic) bond motifs is 2.